The number of benzene rings is 1. The number of nitriles is 1. The fourth-order valence-electron chi connectivity index (χ4n) is 1.39. The van der Waals surface area contributed by atoms with Crippen molar-refractivity contribution in [1.29, 1.82) is 5.26 Å². The van der Waals surface area contributed by atoms with Crippen LogP contribution in [0.25, 0.3) is 0 Å². The molecule has 0 heterocycles. The molecule has 18 heavy (non-hydrogen) atoms. The second-order valence-corrected chi connectivity index (χ2v) is 4.51. The highest BCUT2D eigenvalue weighted by atomic mass is 16.5. The first-order valence-electron chi connectivity index (χ1n) is 6.13. The van der Waals surface area contributed by atoms with Gasteiger partial charge in [-0.3, -0.25) is 0 Å². The Morgan fingerprint density at radius 3 is 2.72 bits per heavy atom. The van der Waals surface area contributed by atoms with Gasteiger partial charge in [-0.25, -0.2) is 0 Å². The molecule has 0 bridgehead atoms. The van der Waals surface area contributed by atoms with Gasteiger partial charge in [-0.05, 0) is 30.5 Å². The first-order chi connectivity index (χ1) is 8.63. The molecule has 0 saturated heterocycles. The second kappa shape index (κ2) is 7.57. The van der Waals surface area contributed by atoms with Crippen molar-refractivity contribution in [2.75, 3.05) is 25.6 Å². The summed E-state index contributed by atoms with van der Waals surface area (Å²) < 4.78 is 10.9. The molecule has 0 aliphatic rings. The molecular formula is C14H20N2O2. The zero-order valence-corrected chi connectivity index (χ0v) is 11.0. The Morgan fingerprint density at radius 1 is 1.28 bits per heavy atom. The van der Waals surface area contributed by atoms with Crippen LogP contribution < -0.4 is 10.5 Å². The highest BCUT2D eigenvalue weighted by molar-refractivity contribution is 5.53. The lowest BCUT2D eigenvalue weighted by molar-refractivity contribution is 0.0925. The molecular weight excluding hydrogens is 228 g/mol. The van der Waals surface area contributed by atoms with Crippen molar-refractivity contribution < 1.29 is 9.47 Å². The first-order valence-corrected chi connectivity index (χ1v) is 6.13. The van der Waals surface area contributed by atoms with Crippen molar-refractivity contribution >= 4 is 5.69 Å². The zero-order valence-electron chi connectivity index (χ0n) is 11.0. The summed E-state index contributed by atoms with van der Waals surface area (Å²) in [5.41, 5.74) is 6.61. The van der Waals surface area contributed by atoms with Crippen LogP contribution in [0.4, 0.5) is 5.69 Å². The van der Waals surface area contributed by atoms with E-state index < -0.39 is 0 Å². The van der Waals surface area contributed by atoms with E-state index in [0.29, 0.717) is 36.1 Å². The molecule has 0 atom stereocenters. The van der Waals surface area contributed by atoms with Gasteiger partial charge in [0.05, 0.1) is 12.2 Å². The van der Waals surface area contributed by atoms with Crippen molar-refractivity contribution in [2.45, 2.75) is 20.3 Å². The maximum Gasteiger partial charge on any atom is 0.137 e. The highest BCUT2D eigenvalue weighted by Gasteiger charge is 2.03. The van der Waals surface area contributed by atoms with Gasteiger partial charge < -0.3 is 15.2 Å². The van der Waals surface area contributed by atoms with Crippen LogP contribution >= 0.6 is 0 Å². The Bertz CT molecular complexity index is 411. The minimum Gasteiger partial charge on any atom is -0.490 e. The van der Waals surface area contributed by atoms with E-state index in [-0.39, 0.29) is 0 Å². The predicted octanol–water partition coefficient (Wildman–Crippen LogP) is 2.58. The molecule has 0 fully saturated rings. The van der Waals surface area contributed by atoms with E-state index in [2.05, 4.69) is 19.9 Å². The molecule has 0 aromatic heterocycles. The lowest BCUT2D eigenvalue weighted by atomic mass is 10.1. The van der Waals surface area contributed by atoms with Crippen LogP contribution in [0.15, 0.2) is 18.2 Å². The number of nitrogen functional groups attached to an aromatic ring is 1. The summed E-state index contributed by atoms with van der Waals surface area (Å²) in [6.45, 7) is 6.04. The maximum absolute atomic E-state index is 8.93. The standard InChI is InChI=1S/C14H20N2O2/c1-11(2)5-6-17-7-8-18-14-4-3-13(16)9-12(14)10-15/h3-4,9,11H,5-8,16H2,1-2H3. The number of nitrogens with zero attached hydrogens (tertiary/aromatic N) is 1. The molecule has 0 unspecified atom stereocenters. The van der Waals surface area contributed by atoms with Crippen molar-refractivity contribution in [3.8, 4) is 11.8 Å². The second-order valence-electron chi connectivity index (χ2n) is 4.51. The molecule has 0 saturated carbocycles. The Kier molecular flexibility index (Phi) is 6.03. The molecule has 0 spiro atoms. The van der Waals surface area contributed by atoms with Gasteiger partial charge in [0, 0.05) is 12.3 Å². The SMILES string of the molecule is CC(C)CCOCCOc1ccc(N)cc1C#N. The Hall–Kier alpha value is -1.73. The normalized spacial score (nSPS) is 10.3. The van der Waals surface area contributed by atoms with Gasteiger partial charge in [-0.2, -0.15) is 5.26 Å². The molecule has 2 N–H and O–H groups in total. The van der Waals surface area contributed by atoms with Crippen LogP contribution in [0.3, 0.4) is 0 Å². The highest BCUT2D eigenvalue weighted by Crippen LogP contribution is 2.20. The average molecular weight is 248 g/mol. The summed E-state index contributed by atoms with van der Waals surface area (Å²) in [5, 5.41) is 8.93. The van der Waals surface area contributed by atoms with E-state index in [1.54, 1.807) is 18.2 Å². The molecule has 1 aromatic carbocycles. The zero-order chi connectivity index (χ0) is 13.4. The third-order valence-electron chi connectivity index (χ3n) is 2.45. The quantitative estimate of drug-likeness (QED) is 0.595. The monoisotopic (exact) mass is 248 g/mol. The number of anilines is 1. The van der Waals surface area contributed by atoms with Gasteiger partial charge in [0.1, 0.15) is 18.4 Å². The molecule has 98 valence electrons. The number of nitrogens with two attached hydrogens (primary N) is 1. The van der Waals surface area contributed by atoms with E-state index in [1.807, 2.05) is 0 Å². The predicted molar refractivity (Wildman–Crippen MR) is 71.3 cm³/mol. The van der Waals surface area contributed by atoms with Crippen LogP contribution in [-0.2, 0) is 4.74 Å². The lowest BCUT2D eigenvalue weighted by Gasteiger charge is -2.09. The molecule has 1 rings (SSSR count). The summed E-state index contributed by atoms with van der Waals surface area (Å²) in [5.74, 6) is 1.20. The third-order valence-corrected chi connectivity index (χ3v) is 2.45. The first kappa shape index (κ1) is 14.3. The molecule has 4 nitrogen and oxygen atoms in total. The van der Waals surface area contributed by atoms with Crippen LogP contribution in [0, 0.1) is 17.2 Å². The molecule has 0 amide bonds. The van der Waals surface area contributed by atoms with Gasteiger partial charge in [0.15, 0.2) is 0 Å². The summed E-state index contributed by atoms with van der Waals surface area (Å²) in [7, 11) is 0. The molecule has 0 aliphatic carbocycles. The minimum atomic E-state index is 0.441. The number of hydrogen-bond donors (Lipinski definition) is 1. The van der Waals surface area contributed by atoms with E-state index >= 15 is 0 Å². The largest absolute Gasteiger partial charge is 0.490 e. The summed E-state index contributed by atoms with van der Waals surface area (Å²) in [6, 6.07) is 7.09. The Morgan fingerprint density at radius 2 is 2.06 bits per heavy atom. The van der Waals surface area contributed by atoms with Gasteiger partial charge in [0.25, 0.3) is 0 Å². The maximum atomic E-state index is 8.93. The molecule has 4 heteroatoms. The van der Waals surface area contributed by atoms with Crippen LogP contribution in [0.5, 0.6) is 5.75 Å². The summed E-state index contributed by atoms with van der Waals surface area (Å²) >= 11 is 0. The van der Waals surface area contributed by atoms with E-state index in [4.69, 9.17) is 20.5 Å². The lowest BCUT2D eigenvalue weighted by Crippen LogP contribution is -2.09. The average Bonchev–Trinajstić information content (AvgIpc) is 2.34. The van der Waals surface area contributed by atoms with Crippen molar-refractivity contribution in [3.05, 3.63) is 23.8 Å². The number of rotatable bonds is 7. The molecule has 0 aliphatic heterocycles. The van der Waals surface area contributed by atoms with E-state index in [9.17, 15) is 0 Å². The molecule has 1 aromatic rings. The van der Waals surface area contributed by atoms with Crippen molar-refractivity contribution in [1.82, 2.24) is 0 Å². The third kappa shape index (κ3) is 5.07. The van der Waals surface area contributed by atoms with Crippen molar-refractivity contribution in [2.24, 2.45) is 5.92 Å². The van der Waals surface area contributed by atoms with Gasteiger partial charge in [0.2, 0.25) is 0 Å². The van der Waals surface area contributed by atoms with Gasteiger partial charge in [-0.15, -0.1) is 0 Å². The summed E-state index contributed by atoms with van der Waals surface area (Å²) in [4.78, 5) is 0. The van der Waals surface area contributed by atoms with E-state index in [0.717, 1.165) is 13.0 Å². The van der Waals surface area contributed by atoms with Crippen molar-refractivity contribution in [3.63, 3.8) is 0 Å². The fourth-order valence-corrected chi connectivity index (χ4v) is 1.39. The smallest absolute Gasteiger partial charge is 0.137 e. The van der Waals surface area contributed by atoms with Gasteiger partial charge in [-0.1, -0.05) is 13.8 Å². The molecule has 0 radical (unpaired) electrons. The number of ether oxygens (including phenoxy) is 2. The number of hydrogen-bond acceptors (Lipinski definition) is 4. The van der Waals surface area contributed by atoms with Crippen LogP contribution in [-0.4, -0.2) is 19.8 Å². The van der Waals surface area contributed by atoms with Crippen LogP contribution in [0.2, 0.25) is 0 Å². The van der Waals surface area contributed by atoms with E-state index in [1.165, 1.54) is 0 Å². The topological polar surface area (TPSA) is 68.3 Å². The van der Waals surface area contributed by atoms with Crippen LogP contribution in [0.1, 0.15) is 25.8 Å². The minimum absolute atomic E-state index is 0.441. The fraction of sp³-hybridized carbons (Fsp3) is 0.500. The Balaban J connectivity index is 2.29. The Labute approximate surface area is 108 Å². The summed E-state index contributed by atoms with van der Waals surface area (Å²) in [6.07, 6.45) is 1.05. The van der Waals surface area contributed by atoms with Gasteiger partial charge >= 0.3 is 0 Å².